The lowest BCUT2D eigenvalue weighted by atomic mass is 9.92. The number of carbonyl (C=O) groups excluding carboxylic acids is 5. The van der Waals surface area contributed by atoms with Gasteiger partial charge in [0.05, 0.1) is 17.8 Å². The summed E-state index contributed by atoms with van der Waals surface area (Å²) < 4.78 is 40.0. The molecule has 5 fully saturated rings. The van der Waals surface area contributed by atoms with E-state index in [2.05, 4.69) is 32.4 Å². The van der Waals surface area contributed by atoms with E-state index >= 15 is 0 Å². The molecule has 3 saturated carbocycles. The molecule has 0 bridgehead atoms. The average molecular weight is 837 g/mol. The Bertz CT molecular complexity index is 1890. The number of piperidine rings is 1. The van der Waals surface area contributed by atoms with E-state index in [-0.39, 0.29) is 31.5 Å². The quantitative estimate of drug-likeness (QED) is 0.321. The van der Waals surface area contributed by atoms with Crippen LogP contribution < -0.4 is 15.4 Å². The van der Waals surface area contributed by atoms with Crippen LogP contribution in [0, 0.1) is 5.92 Å². The van der Waals surface area contributed by atoms with Gasteiger partial charge in [0.2, 0.25) is 21.8 Å². The van der Waals surface area contributed by atoms with Crippen LogP contribution in [0.5, 0.6) is 0 Å². The predicted octanol–water partition coefficient (Wildman–Crippen LogP) is 4.22. The summed E-state index contributed by atoms with van der Waals surface area (Å²) in [6.45, 7) is 2.96. The highest BCUT2D eigenvalue weighted by molar-refractivity contribution is 7.91. The summed E-state index contributed by atoms with van der Waals surface area (Å²) in [6.07, 6.45) is 13.4. The summed E-state index contributed by atoms with van der Waals surface area (Å²) in [5.41, 5.74) is 0.771. The molecule has 2 saturated heterocycles. The summed E-state index contributed by atoms with van der Waals surface area (Å²) in [6, 6.07) is 5.79. The van der Waals surface area contributed by atoms with Crippen LogP contribution in [0.2, 0.25) is 0 Å². The second kappa shape index (κ2) is 17.8. The van der Waals surface area contributed by atoms with Gasteiger partial charge in [0.1, 0.15) is 29.8 Å². The molecular weight excluding hydrogens is 777 g/mol. The summed E-state index contributed by atoms with van der Waals surface area (Å²) in [5, 5.41) is 5.06. The zero-order valence-corrected chi connectivity index (χ0v) is 34.8. The van der Waals surface area contributed by atoms with Crippen LogP contribution in [-0.2, 0) is 40.3 Å². The van der Waals surface area contributed by atoms with Crippen molar-refractivity contribution in [3.05, 3.63) is 47.5 Å². The number of sulfonamides is 1. The molecule has 3 aliphatic carbocycles. The number of carbonyl (C=O) groups is 5. The minimum absolute atomic E-state index is 0.0393. The van der Waals surface area contributed by atoms with E-state index in [0.717, 1.165) is 70.0 Å². The van der Waals surface area contributed by atoms with Gasteiger partial charge in [0.25, 0.3) is 5.91 Å². The molecule has 59 heavy (non-hydrogen) atoms. The van der Waals surface area contributed by atoms with Crippen molar-refractivity contribution >= 4 is 39.9 Å². The monoisotopic (exact) mass is 836 g/mol. The Balaban J connectivity index is 1.04. The number of likely N-dealkylation sites (tertiary alicyclic amines) is 1. The summed E-state index contributed by atoms with van der Waals surface area (Å²) in [5.74, 6) is -2.39. The van der Waals surface area contributed by atoms with Crippen LogP contribution in [0.25, 0.3) is 0 Å². The zero-order chi connectivity index (χ0) is 41.1. The first-order valence-electron chi connectivity index (χ1n) is 22.1. The molecule has 8 rings (SSSR count). The molecule has 5 amide bonds. The number of nitrogens with zero attached hydrogens (tertiary/aromatic N) is 3. The molecular formula is C43H60N6O9S. The van der Waals surface area contributed by atoms with Crippen LogP contribution in [0.1, 0.15) is 120 Å². The number of benzene rings is 1. The van der Waals surface area contributed by atoms with E-state index in [0.29, 0.717) is 51.6 Å². The second-order valence-electron chi connectivity index (χ2n) is 17.8. The van der Waals surface area contributed by atoms with Gasteiger partial charge in [0, 0.05) is 25.4 Å². The lowest BCUT2D eigenvalue weighted by molar-refractivity contribution is -0.141. The molecule has 16 heteroatoms. The third-order valence-electron chi connectivity index (χ3n) is 13.5. The fourth-order valence-electron chi connectivity index (χ4n) is 9.85. The molecule has 1 aromatic rings. The molecule has 15 nitrogen and oxygen atoms in total. The first-order chi connectivity index (χ1) is 28.5. The Hall–Kier alpha value is -4.18. The number of hydrogen-bond donors (Lipinski definition) is 3. The predicted molar refractivity (Wildman–Crippen MR) is 217 cm³/mol. The fourth-order valence-corrected chi connectivity index (χ4v) is 11.2. The lowest BCUT2D eigenvalue weighted by Crippen LogP contribution is -2.58. The number of alkyl carbamates (subject to hydrolysis) is 1. The largest absolute Gasteiger partial charge is 0.446 e. The first kappa shape index (κ1) is 41.5. The van der Waals surface area contributed by atoms with Crippen molar-refractivity contribution in [2.75, 3.05) is 32.7 Å². The van der Waals surface area contributed by atoms with Crippen LogP contribution in [-0.4, -0.2) is 121 Å². The number of fused-ring (bicyclic) bond motifs is 3. The van der Waals surface area contributed by atoms with Crippen molar-refractivity contribution < 1.29 is 41.9 Å². The number of rotatable bonds is 8. The molecule has 4 heterocycles. The maximum atomic E-state index is 14.7. The van der Waals surface area contributed by atoms with Crippen molar-refractivity contribution in [2.45, 2.75) is 150 Å². The third kappa shape index (κ3) is 9.58. The van der Waals surface area contributed by atoms with Gasteiger partial charge in [0.15, 0.2) is 0 Å². The molecule has 0 spiro atoms. The normalized spacial score (nSPS) is 30.8. The molecule has 7 aliphatic rings. The van der Waals surface area contributed by atoms with E-state index in [1.807, 2.05) is 24.3 Å². The van der Waals surface area contributed by atoms with E-state index < -0.39 is 74.8 Å². The SMILES string of the molecule is O=C(NC1CCCCCC=C[C@@H]2C[C@@]2(C(=O)NS(=O)(=O)C2CC2)NC(=O)[C@@H]2C[C@@H](OC(=O)N3CCc4ccccc4C3CN3CCCCC3)CN2C1=O)OC1CCCC1. The molecule has 0 aromatic heterocycles. The van der Waals surface area contributed by atoms with Crippen molar-refractivity contribution in [1.29, 1.82) is 0 Å². The number of hydrogen-bond acceptors (Lipinski definition) is 10. The number of nitrogens with one attached hydrogen (secondary N) is 3. The van der Waals surface area contributed by atoms with Crippen LogP contribution in [0.3, 0.4) is 0 Å². The molecule has 4 aliphatic heterocycles. The summed E-state index contributed by atoms with van der Waals surface area (Å²) in [4.78, 5) is 76.0. The van der Waals surface area contributed by atoms with Gasteiger partial charge in [-0.15, -0.1) is 0 Å². The zero-order valence-electron chi connectivity index (χ0n) is 34.0. The molecule has 0 radical (unpaired) electrons. The smallest absolute Gasteiger partial charge is 0.410 e. The highest BCUT2D eigenvalue weighted by Gasteiger charge is 2.62. The maximum Gasteiger partial charge on any atom is 0.410 e. The van der Waals surface area contributed by atoms with Gasteiger partial charge < -0.3 is 29.9 Å². The van der Waals surface area contributed by atoms with Gasteiger partial charge in [-0.25, -0.2) is 18.0 Å². The first-order valence-corrected chi connectivity index (χ1v) is 23.6. The van der Waals surface area contributed by atoms with Gasteiger partial charge in [-0.3, -0.25) is 24.0 Å². The highest BCUT2D eigenvalue weighted by Crippen LogP contribution is 2.46. The number of ether oxygens (including phenoxy) is 2. The van der Waals surface area contributed by atoms with Crippen molar-refractivity contribution in [1.82, 2.24) is 30.1 Å². The van der Waals surface area contributed by atoms with Crippen molar-refractivity contribution in [2.24, 2.45) is 5.92 Å². The lowest BCUT2D eigenvalue weighted by Gasteiger charge is -2.40. The Morgan fingerprint density at radius 2 is 1.61 bits per heavy atom. The maximum absolute atomic E-state index is 14.7. The average Bonchev–Trinajstić information content (AvgIpc) is 4.10. The van der Waals surface area contributed by atoms with E-state index in [1.54, 1.807) is 4.90 Å². The van der Waals surface area contributed by atoms with Gasteiger partial charge in [-0.1, -0.05) is 55.7 Å². The molecule has 1 aromatic carbocycles. The molecule has 2 unspecified atom stereocenters. The summed E-state index contributed by atoms with van der Waals surface area (Å²) >= 11 is 0. The van der Waals surface area contributed by atoms with Crippen LogP contribution in [0.15, 0.2) is 36.4 Å². The van der Waals surface area contributed by atoms with Crippen LogP contribution in [0.4, 0.5) is 9.59 Å². The minimum atomic E-state index is -3.91. The van der Waals surface area contributed by atoms with Gasteiger partial charge in [-0.05, 0) is 108 Å². The van der Waals surface area contributed by atoms with Gasteiger partial charge in [-0.2, -0.15) is 0 Å². The Morgan fingerprint density at radius 1 is 0.864 bits per heavy atom. The molecule has 6 atom stereocenters. The topological polar surface area (TPSA) is 184 Å². The highest BCUT2D eigenvalue weighted by atomic mass is 32.2. The molecule has 3 N–H and O–H groups in total. The standard InChI is InChI=1S/C43H60N6O9S/c50-38-36-25-32(58-42(54)48-24-21-29-13-7-10-17-34(29)37(48)28-47-22-11-4-12-23-47)27-49(36)39(51)35(44-41(53)57-31-15-8-9-16-31)18-6-3-1-2-5-14-30-26-43(30,45-38)40(52)46-59(55,56)33-19-20-33/h5,7,10,13-14,17,30-33,35-37H,1-4,6,8-9,11-12,15-16,18-28H2,(H,44,53)(H,45,50)(H,46,52)/t30-,32-,35?,36+,37?,43-/m1/s1. The summed E-state index contributed by atoms with van der Waals surface area (Å²) in [7, 11) is -3.91. The second-order valence-corrected chi connectivity index (χ2v) is 19.7. The fraction of sp³-hybridized carbons (Fsp3) is 0.698. The van der Waals surface area contributed by atoms with E-state index in [4.69, 9.17) is 9.47 Å². The molecule has 322 valence electrons. The third-order valence-corrected chi connectivity index (χ3v) is 15.3. The van der Waals surface area contributed by atoms with E-state index in [9.17, 15) is 32.4 Å². The Morgan fingerprint density at radius 3 is 2.39 bits per heavy atom. The number of allylic oxidation sites excluding steroid dienone is 1. The minimum Gasteiger partial charge on any atom is -0.446 e. The van der Waals surface area contributed by atoms with Crippen molar-refractivity contribution in [3.8, 4) is 0 Å². The van der Waals surface area contributed by atoms with Crippen LogP contribution >= 0.6 is 0 Å². The Kier molecular flexibility index (Phi) is 12.5. The number of amides is 5. The van der Waals surface area contributed by atoms with Crippen molar-refractivity contribution in [3.63, 3.8) is 0 Å². The Labute approximate surface area is 347 Å². The van der Waals surface area contributed by atoms with E-state index in [1.165, 1.54) is 16.9 Å². The van der Waals surface area contributed by atoms with Gasteiger partial charge >= 0.3 is 12.2 Å².